The summed E-state index contributed by atoms with van der Waals surface area (Å²) in [5.41, 5.74) is 0. The molecule has 4 unspecified atom stereocenters. The molecule has 2 rings (SSSR count). The summed E-state index contributed by atoms with van der Waals surface area (Å²) in [5.74, 6) is 4.30. The summed E-state index contributed by atoms with van der Waals surface area (Å²) in [6.45, 7) is 4.93. The summed E-state index contributed by atoms with van der Waals surface area (Å²) in [5, 5.41) is 0. The van der Waals surface area contributed by atoms with Gasteiger partial charge in [-0.2, -0.15) is 0 Å². The molecule has 0 saturated heterocycles. The Morgan fingerprint density at radius 3 is 2.09 bits per heavy atom. The van der Waals surface area contributed by atoms with E-state index in [4.69, 9.17) is 0 Å². The smallest absolute Gasteiger partial charge is 0.0357 e. The van der Waals surface area contributed by atoms with Crippen molar-refractivity contribution < 1.29 is 0 Å². The first-order valence-corrected chi connectivity index (χ1v) is 5.29. The summed E-state index contributed by atoms with van der Waals surface area (Å²) in [7, 11) is 0. The molecular weight excluding hydrogens is 132 g/mol. The van der Waals surface area contributed by atoms with E-state index < -0.39 is 0 Å². The quantitative estimate of drug-likeness (QED) is 0.498. The Balaban J connectivity index is 2.07. The molecule has 2 fully saturated rings. The molecule has 0 aromatic heterocycles. The van der Waals surface area contributed by atoms with E-state index in [0.717, 1.165) is 23.7 Å². The number of fused-ring (bicyclic) bond motifs is 1. The summed E-state index contributed by atoms with van der Waals surface area (Å²) in [6.07, 6.45) is 7.60. The number of rotatable bonds is 0. The topological polar surface area (TPSA) is 0 Å². The van der Waals surface area contributed by atoms with Crippen LogP contribution in [0.5, 0.6) is 0 Å². The molecular formula is C11H20. The second kappa shape index (κ2) is 2.80. The van der Waals surface area contributed by atoms with Crippen LogP contribution in [-0.4, -0.2) is 0 Å². The summed E-state index contributed by atoms with van der Waals surface area (Å²) >= 11 is 0. The highest BCUT2D eigenvalue weighted by Crippen LogP contribution is 2.48. The molecule has 2 aliphatic carbocycles. The Morgan fingerprint density at radius 2 is 1.36 bits per heavy atom. The Morgan fingerprint density at radius 1 is 0.727 bits per heavy atom. The van der Waals surface area contributed by atoms with Crippen LogP contribution in [0.2, 0.25) is 0 Å². The van der Waals surface area contributed by atoms with Crippen molar-refractivity contribution in [3.8, 4) is 0 Å². The van der Waals surface area contributed by atoms with Gasteiger partial charge in [-0.3, -0.25) is 0 Å². The lowest BCUT2D eigenvalue weighted by atomic mass is 9.73. The van der Waals surface area contributed by atoms with Crippen LogP contribution in [0.15, 0.2) is 0 Å². The molecule has 2 saturated carbocycles. The minimum absolute atomic E-state index is 1.04. The van der Waals surface area contributed by atoms with E-state index in [1.54, 1.807) is 0 Å². The van der Waals surface area contributed by atoms with E-state index in [9.17, 15) is 0 Å². The zero-order chi connectivity index (χ0) is 7.84. The van der Waals surface area contributed by atoms with Crippen molar-refractivity contribution in [2.75, 3.05) is 0 Å². The fourth-order valence-electron chi connectivity index (χ4n) is 3.40. The molecule has 4 atom stereocenters. The van der Waals surface area contributed by atoms with E-state index in [1.807, 2.05) is 0 Å². The maximum Gasteiger partial charge on any atom is -0.0357 e. The molecule has 0 heteroatoms. The molecule has 2 aliphatic rings. The third kappa shape index (κ3) is 1.21. The van der Waals surface area contributed by atoms with Gasteiger partial charge < -0.3 is 0 Å². The molecule has 0 aromatic carbocycles. The second-order valence-electron chi connectivity index (χ2n) is 4.79. The van der Waals surface area contributed by atoms with Crippen molar-refractivity contribution in [3.63, 3.8) is 0 Å². The van der Waals surface area contributed by atoms with Crippen LogP contribution in [-0.2, 0) is 0 Å². The number of hydrogen-bond acceptors (Lipinski definition) is 0. The Hall–Kier alpha value is 0. The van der Waals surface area contributed by atoms with E-state index >= 15 is 0 Å². The largest absolute Gasteiger partial charge is 0.0622 e. The third-order valence-corrected chi connectivity index (χ3v) is 4.16. The van der Waals surface area contributed by atoms with E-state index in [-0.39, 0.29) is 0 Å². The fourth-order valence-corrected chi connectivity index (χ4v) is 3.40. The van der Waals surface area contributed by atoms with Crippen LogP contribution in [0.25, 0.3) is 0 Å². The van der Waals surface area contributed by atoms with Gasteiger partial charge in [0.15, 0.2) is 0 Å². The highest BCUT2D eigenvalue weighted by molar-refractivity contribution is 4.88. The zero-order valence-corrected chi connectivity index (χ0v) is 7.84. The van der Waals surface area contributed by atoms with Crippen molar-refractivity contribution in [1.82, 2.24) is 0 Å². The second-order valence-corrected chi connectivity index (χ2v) is 4.79. The Kier molecular flexibility index (Phi) is 1.95. The monoisotopic (exact) mass is 152 g/mol. The van der Waals surface area contributed by atoms with Crippen molar-refractivity contribution in [2.24, 2.45) is 23.7 Å². The number of hydrogen-bond donors (Lipinski definition) is 0. The lowest BCUT2D eigenvalue weighted by molar-refractivity contribution is 0.172. The first-order chi connectivity index (χ1) is 5.29. The van der Waals surface area contributed by atoms with Crippen molar-refractivity contribution in [2.45, 2.75) is 46.0 Å². The lowest BCUT2D eigenvalue weighted by Crippen LogP contribution is -2.24. The van der Waals surface area contributed by atoms with Crippen molar-refractivity contribution >= 4 is 0 Å². The molecule has 0 amide bonds. The zero-order valence-electron chi connectivity index (χ0n) is 7.84. The van der Waals surface area contributed by atoms with E-state index in [1.165, 1.54) is 32.1 Å². The fraction of sp³-hybridized carbons (Fsp3) is 1.00. The molecule has 0 aromatic rings. The third-order valence-electron chi connectivity index (χ3n) is 4.16. The summed E-state index contributed by atoms with van der Waals surface area (Å²) < 4.78 is 0. The molecule has 0 radical (unpaired) electrons. The normalized spacial score (nSPS) is 50.7. The van der Waals surface area contributed by atoms with Gasteiger partial charge in [0.05, 0.1) is 0 Å². The SMILES string of the molecule is CC1CCC2C(C)CCCC12. The van der Waals surface area contributed by atoms with Gasteiger partial charge in [0.1, 0.15) is 0 Å². The molecule has 64 valence electrons. The van der Waals surface area contributed by atoms with Crippen LogP contribution < -0.4 is 0 Å². The van der Waals surface area contributed by atoms with Gasteiger partial charge in [-0.05, 0) is 36.5 Å². The summed E-state index contributed by atoms with van der Waals surface area (Å²) in [6, 6.07) is 0. The van der Waals surface area contributed by atoms with Gasteiger partial charge >= 0.3 is 0 Å². The molecule has 0 nitrogen and oxygen atoms in total. The predicted octanol–water partition coefficient (Wildman–Crippen LogP) is 3.47. The standard InChI is InChI=1S/C11H20/c1-8-4-3-5-10-9(2)6-7-11(8)10/h8-11H,3-7H2,1-2H3. The molecule has 0 spiro atoms. The van der Waals surface area contributed by atoms with E-state index in [0.29, 0.717) is 0 Å². The van der Waals surface area contributed by atoms with Gasteiger partial charge in [0.2, 0.25) is 0 Å². The maximum absolute atomic E-state index is 2.47. The summed E-state index contributed by atoms with van der Waals surface area (Å²) in [4.78, 5) is 0. The van der Waals surface area contributed by atoms with Crippen molar-refractivity contribution in [1.29, 1.82) is 0 Å². The van der Waals surface area contributed by atoms with Gasteiger partial charge in [0.25, 0.3) is 0 Å². The van der Waals surface area contributed by atoms with Crippen LogP contribution in [0.3, 0.4) is 0 Å². The first-order valence-electron chi connectivity index (χ1n) is 5.29. The van der Waals surface area contributed by atoms with Crippen molar-refractivity contribution in [3.05, 3.63) is 0 Å². The lowest BCUT2D eigenvalue weighted by Gasteiger charge is -2.33. The molecule has 0 aliphatic heterocycles. The highest BCUT2D eigenvalue weighted by Gasteiger charge is 2.38. The van der Waals surface area contributed by atoms with Crippen LogP contribution in [0.1, 0.15) is 46.0 Å². The maximum atomic E-state index is 2.47. The van der Waals surface area contributed by atoms with Gasteiger partial charge in [0, 0.05) is 0 Å². The predicted molar refractivity (Wildman–Crippen MR) is 48.4 cm³/mol. The average molecular weight is 152 g/mol. The van der Waals surface area contributed by atoms with Crippen LogP contribution in [0.4, 0.5) is 0 Å². The van der Waals surface area contributed by atoms with Gasteiger partial charge in [-0.25, -0.2) is 0 Å². The molecule has 11 heavy (non-hydrogen) atoms. The molecule has 0 heterocycles. The Labute approximate surface area is 70.4 Å². The minimum Gasteiger partial charge on any atom is -0.0622 e. The average Bonchev–Trinajstić information content (AvgIpc) is 2.35. The minimum atomic E-state index is 1.04. The Bertz CT molecular complexity index is 137. The molecule has 0 N–H and O–H groups in total. The van der Waals surface area contributed by atoms with Gasteiger partial charge in [-0.15, -0.1) is 0 Å². The molecule has 0 bridgehead atoms. The van der Waals surface area contributed by atoms with Gasteiger partial charge in [-0.1, -0.05) is 33.1 Å². The van der Waals surface area contributed by atoms with Crippen LogP contribution >= 0.6 is 0 Å². The van der Waals surface area contributed by atoms with E-state index in [2.05, 4.69) is 13.8 Å². The van der Waals surface area contributed by atoms with Crippen LogP contribution in [0, 0.1) is 23.7 Å². The highest BCUT2D eigenvalue weighted by atomic mass is 14.4. The first kappa shape index (κ1) is 7.64.